The largest absolute Gasteiger partial charge is 0.289 e. The summed E-state index contributed by atoms with van der Waals surface area (Å²) in [5.41, 5.74) is 4.07. The SMILES string of the molecule is Cc1ccc(C(=O)/C=C/c2ccc(C)c(Br)c2)cc1. The Morgan fingerprint density at radius 2 is 1.74 bits per heavy atom. The Morgan fingerprint density at radius 1 is 1.05 bits per heavy atom. The van der Waals surface area contributed by atoms with Crippen LogP contribution in [0.5, 0.6) is 0 Å². The molecule has 0 fully saturated rings. The van der Waals surface area contributed by atoms with Crippen LogP contribution in [0.15, 0.2) is 53.0 Å². The molecule has 0 saturated carbocycles. The summed E-state index contributed by atoms with van der Waals surface area (Å²) in [7, 11) is 0. The van der Waals surface area contributed by atoms with Gasteiger partial charge in [0.1, 0.15) is 0 Å². The van der Waals surface area contributed by atoms with Gasteiger partial charge in [-0.3, -0.25) is 4.79 Å². The molecule has 0 unspecified atom stereocenters. The van der Waals surface area contributed by atoms with E-state index in [9.17, 15) is 4.79 Å². The van der Waals surface area contributed by atoms with Crippen LogP contribution >= 0.6 is 15.9 Å². The molecule has 96 valence electrons. The predicted molar refractivity (Wildman–Crippen MR) is 83.4 cm³/mol. The molecular weight excluding hydrogens is 300 g/mol. The predicted octanol–water partition coefficient (Wildman–Crippen LogP) is 4.96. The number of ketones is 1. The number of rotatable bonds is 3. The van der Waals surface area contributed by atoms with Crippen LogP contribution in [-0.2, 0) is 0 Å². The lowest BCUT2D eigenvalue weighted by Gasteiger charge is -2.00. The molecule has 0 amide bonds. The number of hydrogen-bond acceptors (Lipinski definition) is 1. The lowest BCUT2D eigenvalue weighted by molar-refractivity contribution is 0.104. The lowest BCUT2D eigenvalue weighted by Crippen LogP contribution is -1.93. The molecule has 0 aliphatic carbocycles. The van der Waals surface area contributed by atoms with Gasteiger partial charge >= 0.3 is 0 Å². The van der Waals surface area contributed by atoms with Crippen molar-refractivity contribution >= 4 is 27.8 Å². The summed E-state index contributed by atoms with van der Waals surface area (Å²) in [6.07, 6.45) is 3.45. The highest BCUT2D eigenvalue weighted by molar-refractivity contribution is 9.10. The fourth-order valence-electron chi connectivity index (χ4n) is 1.70. The van der Waals surface area contributed by atoms with Crippen LogP contribution in [0.25, 0.3) is 6.08 Å². The average molecular weight is 315 g/mol. The number of halogens is 1. The zero-order valence-electron chi connectivity index (χ0n) is 11.0. The van der Waals surface area contributed by atoms with Crippen LogP contribution < -0.4 is 0 Å². The van der Waals surface area contributed by atoms with E-state index in [1.54, 1.807) is 6.08 Å². The van der Waals surface area contributed by atoms with Gasteiger partial charge in [0.15, 0.2) is 5.78 Å². The Labute approximate surface area is 122 Å². The number of carbonyl (C=O) groups is 1. The van der Waals surface area contributed by atoms with E-state index in [-0.39, 0.29) is 5.78 Å². The first kappa shape index (κ1) is 13.8. The second kappa shape index (κ2) is 5.98. The molecule has 0 radical (unpaired) electrons. The van der Waals surface area contributed by atoms with Gasteiger partial charge in [-0.1, -0.05) is 64.0 Å². The zero-order valence-corrected chi connectivity index (χ0v) is 12.6. The van der Waals surface area contributed by atoms with E-state index in [1.807, 2.05) is 62.4 Å². The van der Waals surface area contributed by atoms with Crippen molar-refractivity contribution in [2.45, 2.75) is 13.8 Å². The molecule has 2 aromatic rings. The third-order valence-corrected chi connectivity index (χ3v) is 3.81. The van der Waals surface area contributed by atoms with Crippen molar-refractivity contribution < 1.29 is 4.79 Å². The third kappa shape index (κ3) is 3.65. The van der Waals surface area contributed by atoms with Gasteiger partial charge in [-0.25, -0.2) is 0 Å². The molecule has 2 aromatic carbocycles. The maximum Gasteiger partial charge on any atom is 0.185 e. The molecule has 0 aromatic heterocycles. The van der Waals surface area contributed by atoms with Gasteiger partial charge in [-0.2, -0.15) is 0 Å². The van der Waals surface area contributed by atoms with Crippen LogP contribution in [-0.4, -0.2) is 5.78 Å². The first-order valence-corrected chi connectivity index (χ1v) is 6.91. The molecule has 0 bridgehead atoms. The molecule has 2 heteroatoms. The molecule has 0 aliphatic heterocycles. The van der Waals surface area contributed by atoms with E-state index in [0.29, 0.717) is 5.56 Å². The van der Waals surface area contributed by atoms with Crippen molar-refractivity contribution in [2.24, 2.45) is 0 Å². The molecule has 0 aliphatic rings. The summed E-state index contributed by atoms with van der Waals surface area (Å²) < 4.78 is 1.05. The van der Waals surface area contributed by atoms with Crippen molar-refractivity contribution in [2.75, 3.05) is 0 Å². The number of carbonyl (C=O) groups excluding carboxylic acids is 1. The maximum atomic E-state index is 12.0. The van der Waals surface area contributed by atoms with E-state index in [2.05, 4.69) is 15.9 Å². The number of allylic oxidation sites excluding steroid dienone is 1. The maximum absolute atomic E-state index is 12.0. The summed E-state index contributed by atoms with van der Waals surface area (Å²) in [4.78, 5) is 12.0. The van der Waals surface area contributed by atoms with Crippen LogP contribution in [0.4, 0.5) is 0 Å². The molecule has 0 saturated heterocycles. The van der Waals surface area contributed by atoms with E-state index in [4.69, 9.17) is 0 Å². The van der Waals surface area contributed by atoms with Gasteiger partial charge in [0.05, 0.1) is 0 Å². The summed E-state index contributed by atoms with van der Waals surface area (Å²) in [5.74, 6) is 0.0247. The molecule has 0 N–H and O–H groups in total. The molecule has 19 heavy (non-hydrogen) atoms. The lowest BCUT2D eigenvalue weighted by atomic mass is 10.1. The Morgan fingerprint density at radius 3 is 2.37 bits per heavy atom. The van der Waals surface area contributed by atoms with Gasteiger partial charge in [0.25, 0.3) is 0 Å². The standard InChI is InChI=1S/C17H15BrO/c1-12-3-8-15(9-4-12)17(19)10-7-14-6-5-13(2)16(18)11-14/h3-11H,1-2H3/b10-7+. The Bertz CT molecular complexity index is 624. The molecule has 0 heterocycles. The second-order valence-corrected chi connectivity index (χ2v) is 5.43. The quantitative estimate of drug-likeness (QED) is 0.578. The fraction of sp³-hybridized carbons (Fsp3) is 0.118. The van der Waals surface area contributed by atoms with Gasteiger partial charge in [0.2, 0.25) is 0 Å². The molecule has 0 spiro atoms. The van der Waals surface area contributed by atoms with Crippen molar-refractivity contribution in [1.29, 1.82) is 0 Å². The summed E-state index contributed by atoms with van der Waals surface area (Å²) in [5, 5.41) is 0. The minimum absolute atomic E-state index is 0.0247. The topological polar surface area (TPSA) is 17.1 Å². The highest BCUT2D eigenvalue weighted by Gasteiger charge is 2.01. The fourth-order valence-corrected chi connectivity index (χ4v) is 2.10. The zero-order chi connectivity index (χ0) is 13.8. The van der Waals surface area contributed by atoms with E-state index in [1.165, 1.54) is 5.56 Å². The van der Waals surface area contributed by atoms with Crippen LogP contribution in [0.3, 0.4) is 0 Å². The summed E-state index contributed by atoms with van der Waals surface area (Å²) >= 11 is 3.49. The highest BCUT2D eigenvalue weighted by Crippen LogP contribution is 2.18. The highest BCUT2D eigenvalue weighted by atomic mass is 79.9. The minimum Gasteiger partial charge on any atom is -0.289 e. The monoisotopic (exact) mass is 314 g/mol. The van der Waals surface area contributed by atoms with E-state index in [0.717, 1.165) is 15.6 Å². The minimum atomic E-state index is 0.0247. The van der Waals surface area contributed by atoms with Gasteiger partial charge in [-0.15, -0.1) is 0 Å². The molecule has 0 atom stereocenters. The Kier molecular flexibility index (Phi) is 4.33. The third-order valence-electron chi connectivity index (χ3n) is 2.96. The van der Waals surface area contributed by atoms with Crippen molar-refractivity contribution in [3.63, 3.8) is 0 Å². The normalized spacial score (nSPS) is 10.9. The Balaban J connectivity index is 2.15. The average Bonchev–Trinajstić information content (AvgIpc) is 2.40. The van der Waals surface area contributed by atoms with E-state index >= 15 is 0 Å². The Hall–Kier alpha value is -1.67. The second-order valence-electron chi connectivity index (χ2n) is 4.57. The van der Waals surface area contributed by atoms with Gasteiger partial charge in [0, 0.05) is 10.0 Å². The first-order valence-electron chi connectivity index (χ1n) is 6.11. The summed E-state index contributed by atoms with van der Waals surface area (Å²) in [6.45, 7) is 4.04. The van der Waals surface area contributed by atoms with E-state index < -0.39 is 0 Å². The molecular formula is C17H15BrO. The first-order chi connectivity index (χ1) is 9.06. The molecule has 1 nitrogen and oxygen atoms in total. The van der Waals surface area contributed by atoms with Gasteiger partial charge < -0.3 is 0 Å². The van der Waals surface area contributed by atoms with Crippen molar-refractivity contribution in [1.82, 2.24) is 0 Å². The number of aryl methyl sites for hydroxylation is 2. The van der Waals surface area contributed by atoms with Crippen LogP contribution in [0, 0.1) is 13.8 Å². The summed E-state index contributed by atoms with van der Waals surface area (Å²) in [6, 6.07) is 13.6. The van der Waals surface area contributed by atoms with Crippen LogP contribution in [0.2, 0.25) is 0 Å². The smallest absolute Gasteiger partial charge is 0.185 e. The van der Waals surface area contributed by atoms with Gasteiger partial charge in [-0.05, 0) is 37.1 Å². The molecule has 2 rings (SSSR count). The van der Waals surface area contributed by atoms with Crippen molar-refractivity contribution in [3.05, 3.63) is 75.3 Å². The van der Waals surface area contributed by atoms with Crippen LogP contribution in [0.1, 0.15) is 27.0 Å². The van der Waals surface area contributed by atoms with Crippen molar-refractivity contribution in [3.8, 4) is 0 Å². The number of hydrogen-bond donors (Lipinski definition) is 0. The number of benzene rings is 2.